The normalized spacial score (nSPS) is 14.4. The van der Waals surface area contributed by atoms with E-state index in [2.05, 4.69) is 0 Å². The summed E-state index contributed by atoms with van der Waals surface area (Å²) in [5.74, 6) is -0.954. The lowest BCUT2D eigenvalue weighted by Crippen LogP contribution is -2.25. The zero-order valence-electron chi connectivity index (χ0n) is 16.6. The Balaban J connectivity index is 1.54. The van der Waals surface area contributed by atoms with E-state index in [1.807, 2.05) is 25.2 Å². The second-order valence-electron chi connectivity index (χ2n) is 7.44. The molecule has 0 saturated carbocycles. The van der Waals surface area contributed by atoms with Crippen LogP contribution in [0.15, 0.2) is 36.4 Å². The van der Waals surface area contributed by atoms with Gasteiger partial charge in [0.2, 0.25) is 0 Å². The summed E-state index contributed by atoms with van der Waals surface area (Å²) in [6.45, 7) is 2.54. The summed E-state index contributed by atoms with van der Waals surface area (Å²) in [6, 6.07) is 8.39. The van der Waals surface area contributed by atoms with Crippen molar-refractivity contribution in [2.24, 2.45) is 0 Å². The van der Waals surface area contributed by atoms with Gasteiger partial charge in [0.25, 0.3) is 5.91 Å². The third-order valence-corrected chi connectivity index (χ3v) is 4.66. The minimum absolute atomic E-state index is 0.293. The second kappa shape index (κ2) is 8.66. The number of rotatable bonds is 6. The molecule has 1 N–H and O–H groups in total. The molecule has 0 unspecified atom stereocenters. The molecule has 0 aliphatic carbocycles. The number of anilines is 1. The van der Waals surface area contributed by atoms with Crippen LogP contribution in [-0.2, 0) is 26.9 Å². The number of benzene rings is 2. The zero-order chi connectivity index (χ0) is 22.8. The van der Waals surface area contributed by atoms with Gasteiger partial charge in [0.15, 0.2) is 24.7 Å². The van der Waals surface area contributed by atoms with E-state index in [0.29, 0.717) is 17.9 Å². The predicted octanol–water partition coefficient (Wildman–Crippen LogP) is 4.63. The third-order valence-electron chi connectivity index (χ3n) is 4.35. The van der Waals surface area contributed by atoms with Crippen molar-refractivity contribution in [3.05, 3.63) is 52.5 Å². The molecule has 0 spiro atoms. The van der Waals surface area contributed by atoms with Gasteiger partial charge >= 0.3 is 12.1 Å². The van der Waals surface area contributed by atoms with Crippen LogP contribution in [0.5, 0.6) is 11.5 Å². The van der Waals surface area contributed by atoms with Gasteiger partial charge in [0, 0.05) is 12.0 Å². The summed E-state index contributed by atoms with van der Waals surface area (Å²) in [5.41, 5.74) is -1.16. The molecule has 10 heteroatoms. The van der Waals surface area contributed by atoms with Gasteiger partial charge in [-0.1, -0.05) is 29.8 Å². The number of para-hydroxylation sites is 2. The van der Waals surface area contributed by atoms with E-state index in [9.17, 15) is 22.8 Å². The van der Waals surface area contributed by atoms with Crippen molar-refractivity contribution in [2.75, 3.05) is 18.5 Å². The van der Waals surface area contributed by atoms with Crippen molar-refractivity contribution in [3.63, 3.8) is 0 Å². The van der Waals surface area contributed by atoms with Crippen molar-refractivity contribution in [3.8, 4) is 11.5 Å². The first-order valence-electron chi connectivity index (χ1n) is 9.21. The first kappa shape index (κ1) is 22.7. The average molecular weight is 458 g/mol. The number of alkyl halides is 3. The van der Waals surface area contributed by atoms with Crippen LogP contribution in [0.3, 0.4) is 0 Å². The highest BCUT2D eigenvalue weighted by Crippen LogP contribution is 2.42. The number of hydrogen-bond acceptors (Lipinski definition) is 5. The van der Waals surface area contributed by atoms with Gasteiger partial charge in [-0.2, -0.15) is 13.2 Å². The molecule has 1 aliphatic rings. The molecule has 2 aromatic rings. The summed E-state index contributed by atoms with van der Waals surface area (Å²) >= 11 is 5.77. The maximum Gasteiger partial charge on any atom is 0.418 e. The minimum atomic E-state index is -4.72. The molecule has 3 rings (SSSR count). The van der Waals surface area contributed by atoms with Crippen LogP contribution in [0.2, 0.25) is 5.02 Å². The van der Waals surface area contributed by atoms with Crippen LogP contribution in [0.1, 0.15) is 25.0 Å². The van der Waals surface area contributed by atoms with Crippen molar-refractivity contribution in [1.29, 1.82) is 0 Å². The highest BCUT2D eigenvalue weighted by molar-refractivity contribution is 6.34. The second-order valence-corrected chi connectivity index (χ2v) is 7.85. The van der Waals surface area contributed by atoms with Crippen LogP contribution in [-0.4, -0.2) is 30.7 Å². The van der Waals surface area contributed by atoms with Crippen molar-refractivity contribution in [1.82, 2.24) is 0 Å². The van der Waals surface area contributed by atoms with Crippen LogP contribution in [0, 0.1) is 0 Å². The van der Waals surface area contributed by atoms with E-state index >= 15 is 0 Å². The molecular weight excluding hydrogens is 439 g/mol. The van der Waals surface area contributed by atoms with Crippen LogP contribution >= 0.6 is 11.6 Å². The van der Waals surface area contributed by atoms with E-state index in [4.69, 9.17) is 25.8 Å². The Morgan fingerprint density at radius 3 is 2.58 bits per heavy atom. The van der Waals surface area contributed by atoms with E-state index in [1.54, 1.807) is 12.1 Å². The monoisotopic (exact) mass is 457 g/mol. The highest BCUT2D eigenvalue weighted by atomic mass is 35.5. The first-order chi connectivity index (χ1) is 14.5. The van der Waals surface area contributed by atoms with Crippen molar-refractivity contribution in [2.45, 2.75) is 32.0 Å². The number of amides is 1. The van der Waals surface area contributed by atoms with E-state index in [-0.39, 0.29) is 5.02 Å². The summed E-state index contributed by atoms with van der Waals surface area (Å²) in [6.07, 6.45) is -4.03. The Bertz CT molecular complexity index is 1010. The van der Waals surface area contributed by atoms with E-state index in [1.165, 1.54) is 6.07 Å². The number of nitrogens with one attached hydrogen (secondary N) is 1. The molecule has 0 atom stereocenters. The van der Waals surface area contributed by atoms with Gasteiger partial charge < -0.3 is 19.5 Å². The lowest BCUT2D eigenvalue weighted by atomic mass is 10.0. The molecule has 0 aromatic heterocycles. The lowest BCUT2D eigenvalue weighted by molar-refractivity contribution is -0.149. The summed E-state index contributed by atoms with van der Waals surface area (Å²) < 4.78 is 55.3. The standard InChI is InChI=1S/C21H19ClF3NO5/c1-20(2)9-12-5-3-8-15(19(12)31-20)29-11-17(28)30-10-16(27)26-18-13(21(23,24)25)6-4-7-14(18)22/h3-8H,9-11H2,1-2H3,(H,26,27). The molecule has 2 aromatic carbocycles. The number of carbonyl (C=O) groups is 2. The number of carbonyl (C=O) groups excluding carboxylic acids is 2. The van der Waals surface area contributed by atoms with Crippen LogP contribution in [0.4, 0.5) is 18.9 Å². The molecule has 1 heterocycles. The zero-order valence-corrected chi connectivity index (χ0v) is 17.4. The van der Waals surface area contributed by atoms with Gasteiger partial charge in [0.05, 0.1) is 16.3 Å². The Hall–Kier alpha value is -2.94. The van der Waals surface area contributed by atoms with Gasteiger partial charge in [-0.05, 0) is 32.0 Å². The van der Waals surface area contributed by atoms with Gasteiger partial charge in [-0.25, -0.2) is 4.79 Å². The quantitative estimate of drug-likeness (QED) is 0.640. The number of ether oxygens (including phenoxy) is 3. The molecule has 1 aliphatic heterocycles. The smallest absolute Gasteiger partial charge is 0.418 e. The van der Waals surface area contributed by atoms with Gasteiger partial charge in [-0.3, -0.25) is 4.79 Å². The van der Waals surface area contributed by atoms with E-state index < -0.39 is 48.1 Å². The molecule has 166 valence electrons. The lowest BCUT2D eigenvalue weighted by Gasteiger charge is -2.18. The maximum absolute atomic E-state index is 13.1. The van der Waals surface area contributed by atoms with Gasteiger partial charge in [0.1, 0.15) is 5.60 Å². The summed E-state index contributed by atoms with van der Waals surface area (Å²) in [5, 5.41) is 1.74. The Morgan fingerprint density at radius 2 is 1.87 bits per heavy atom. The average Bonchev–Trinajstić information content (AvgIpc) is 2.99. The molecule has 0 radical (unpaired) electrons. The largest absolute Gasteiger partial charge is 0.483 e. The topological polar surface area (TPSA) is 73.9 Å². The molecule has 0 saturated heterocycles. The third kappa shape index (κ3) is 5.61. The Labute approximate surface area is 181 Å². The SMILES string of the molecule is CC1(C)Cc2cccc(OCC(=O)OCC(=O)Nc3c(Cl)cccc3C(F)(F)F)c2O1. The Morgan fingerprint density at radius 1 is 1.16 bits per heavy atom. The minimum Gasteiger partial charge on any atom is -0.483 e. The first-order valence-corrected chi connectivity index (χ1v) is 9.59. The molecule has 0 fully saturated rings. The molecular formula is C21H19ClF3NO5. The molecule has 1 amide bonds. The Kier molecular flexibility index (Phi) is 6.35. The number of hydrogen-bond donors (Lipinski definition) is 1. The van der Waals surface area contributed by atoms with Crippen molar-refractivity contribution >= 4 is 29.2 Å². The fourth-order valence-corrected chi connectivity index (χ4v) is 3.31. The molecule has 6 nitrogen and oxygen atoms in total. The van der Waals surface area contributed by atoms with E-state index in [0.717, 1.165) is 17.7 Å². The highest BCUT2D eigenvalue weighted by Gasteiger charge is 2.35. The fourth-order valence-electron chi connectivity index (χ4n) is 3.09. The molecule has 31 heavy (non-hydrogen) atoms. The number of halogens is 4. The number of fused-ring (bicyclic) bond motifs is 1. The molecule has 0 bridgehead atoms. The van der Waals surface area contributed by atoms with Crippen molar-refractivity contribution < 1.29 is 37.0 Å². The predicted molar refractivity (Wildman–Crippen MR) is 106 cm³/mol. The number of esters is 1. The van der Waals surface area contributed by atoms with Gasteiger partial charge in [-0.15, -0.1) is 0 Å². The fraction of sp³-hybridized carbons (Fsp3) is 0.333. The maximum atomic E-state index is 13.1. The summed E-state index contributed by atoms with van der Waals surface area (Å²) in [7, 11) is 0. The van der Waals surface area contributed by atoms with Crippen LogP contribution in [0.25, 0.3) is 0 Å². The van der Waals surface area contributed by atoms with Crippen LogP contribution < -0.4 is 14.8 Å². The summed E-state index contributed by atoms with van der Waals surface area (Å²) in [4.78, 5) is 23.9.